The summed E-state index contributed by atoms with van der Waals surface area (Å²) in [6, 6.07) is 6.07. The van der Waals surface area contributed by atoms with Crippen molar-refractivity contribution in [3.05, 3.63) is 40.4 Å². The standard InChI is InChI=1S/C14H17N3O/c1-10-3-2-4-12-13(10)16-9-17(14(12)18)11-5-7-15-8-6-11/h2-4,9,11,15H,5-8H2,1H3. The predicted octanol–water partition coefficient (Wildman–Crippen LogP) is 1.63. The Morgan fingerprint density at radius 1 is 1.33 bits per heavy atom. The first-order valence-electron chi connectivity index (χ1n) is 6.44. The van der Waals surface area contributed by atoms with Crippen LogP contribution in [0.4, 0.5) is 0 Å². The second-order valence-corrected chi connectivity index (χ2v) is 4.91. The fourth-order valence-corrected chi connectivity index (χ4v) is 2.66. The molecule has 1 aliphatic rings. The molecular weight excluding hydrogens is 226 g/mol. The first-order valence-corrected chi connectivity index (χ1v) is 6.44. The normalized spacial score (nSPS) is 17.2. The van der Waals surface area contributed by atoms with E-state index in [1.807, 2.05) is 29.7 Å². The molecule has 1 aromatic heterocycles. The van der Waals surface area contributed by atoms with Gasteiger partial charge in [-0.2, -0.15) is 0 Å². The van der Waals surface area contributed by atoms with Crippen LogP contribution in [0.1, 0.15) is 24.4 Å². The molecule has 0 aliphatic carbocycles. The molecule has 1 aromatic carbocycles. The summed E-state index contributed by atoms with van der Waals surface area (Å²) in [5.41, 5.74) is 1.98. The van der Waals surface area contributed by atoms with E-state index in [0.29, 0.717) is 0 Å². The number of benzene rings is 1. The molecule has 18 heavy (non-hydrogen) atoms. The van der Waals surface area contributed by atoms with E-state index in [2.05, 4.69) is 10.3 Å². The van der Waals surface area contributed by atoms with Crippen molar-refractivity contribution in [2.75, 3.05) is 13.1 Å². The highest BCUT2D eigenvalue weighted by Crippen LogP contribution is 2.18. The van der Waals surface area contributed by atoms with Gasteiger partial charge in [-0.3, -0.25) is 9.36 Å². The maximum Gasteiger partial charge on any atom is 0.261 e. The van der Waals surface area contributed by atoms with Gasteiger partial charge in [0, 0.05) is 6.04 Å². The Kier molecular flexibility index (Phi) is 2.88. The van der Waals surface area contributed by atoms with Gasteiger partial charge < -0.3 is 5.32 Å². The molecule has 2 aromatic rings. The zero-order valence-electron chi connectivity index (χ0n) is 10.5. The number of aromatic nitrogens is 2. The number of rotatable bonds is 1. The van der Waals surface area contributed by atoms with Crippen LogP contribution < -0.4 is 10.9 Å². The van der Waals surface area contributed by atoms with Gasteiger partial charge in [-0.05, 0) is 44.5 Å². The highest BCUT2D eigenvalue weighted by atomic mass is 16.1. The molecule has 0 amide bonds. The number of aryl methyl sites for hydroxylation is 1. The quantitative estimate of drug-likeness (QED) is 0.828. The third kappa shape index (κ3) is 1.82. The summed E-state index contributed by atoms with van der Waals surface area (Å²) < 4.78 is 1.81. The molecule has 1 aliphatic heterocycles. The van der Waals surface area contributed by atoms with Gasteiger partial charge >= 0.3 is 0 Å². The van der Waals surface area contributed by atoms with Gasteiger partial charge in [0.2, 0.25) is 0 Å². The van der Waals surface area contributed by atoms with Crippen molar-refractivity contribution in [1.29, 1.82) is 0 Å². The van der Waals surface area contributed by atoms with Crippen LogP contribution in [-0.2, 0) is 0 Å². The Morgan fingerprint density at radius 3 is 2.89 bits per heavy atom. The van der Waals surface area contributed by atoms with Crippen molar-refractivity contribution in [2.24, 2.45) is 0 Å². The van der Waals surface area contributed by atoms with Crippen LogP contribution in [-0.4, -0.2) is 22.6 Å². The number of fused-ring (bicyclic) bond motifs is 1. The van der Waals surface area contributed by atoms with Crippen molar-refractivity contribution in [1.82, 2.24) is 14.9 Å². The summed E-state index contributed by atoms with van der Waals surface area (Å²) in [4.78, 5) is 16.9. The summed E-state index contributed by atoms with van der Waals surface area (Å²) in [5, 5.41) is 4.05. The highest BCUT2D eigenvalue weighted by Gasteiger charge is 2.17. The zero-order chi connectivity index (χ0) is 12.5. The largest absolute Gasteiger partial charge is 0.317 e. The van der Waals surface area contributed by atoms with Gasteiger partial charge in [0.1, 0.15) is 0 Å². The van der Waals surface area contributed by atoms with E-state index < -0.39 is 0 Å². The van der Waals surface area contributed by atoms with Gasteiger partial charge in [-0.15, -0.1) is 0 Å². The van der Waals surface area contributed by atoms with Crippen molar-refractivity contribution >= 4 is 10.9 Å². The minimum Gasteiger partial charge on any atom is -0.317 e. The lowest BCUT2D eigenvalue weighted by atomic mass is 10.1. The molecule has 1 N–H and O–H groups in total. The van der Waals surface area contributed by atoms with Crippen molar-refractivity contribution in [3.63, 3.8) is 0 Å². The molecule has 2 heterocycles. The Balaban J connectivity index is 2.14. The maximum absolute atomic E-state index is 12.5. The fourth-order valence-electron chi connectivity index (χ4n) is 2.66. The molecule has 1 saturated heterocycles. The first kappa shape index (κ1) is 11.4. The van der Waals surface area contributed by atoms with Crippen LogP contribution in [0.5, 0.6) is 0 Å². The Labute approximate surface area is 106 Å². The SMILES string of the molecule is Cc1cccc2c(=O)n(C3CCNCC3)cnc12. The van der Waals surface area contributed by atoms with Gasteiger partial charge in [-0.25, -0.2) is 4.98 Å². The van der Waals surface area contributed by atoms with Gasteiger partial charge in [0.25, 0.3) is 5.56 Å². The second kappa shape index (κ2) is 4.53. The Hall–Kier alpha value is -1.68. The smallest absolute Gasteiger partial charge is 0.261 e. The molecule has 0 saturated carbocycles. The number of hydrogen-bond donors (Lipinski definition) is 1. The third-order valence-corrected chi connectivity index (χ3v) is 3.72. The maximum atomic E-state index is 12.5. The lowest BCUT2D eigenvalue weighted by molar-refractivity contribution is 0.359. The van der Waals surface area contributed by atoms with Gasteiger partial charge in [0.05, 0.1) is 17.2 Å². The molecule has 4 nitrogen and oxygen atoms in total. The number of hydrogen-bond acceptors (Lipinski definition) is 3. The molecule has 0 spiro atoms. The third-order valence-electron chi connectivity index (χ3n) is 3.72. The monoisotopic (exact) mass is 243 g/mol. The molecule has 0 unspecified atom stereocenters. The summed E-state index contributed by atoms with van der Waals surface area (Å²) in [6.07, 6.45) is 3.71. The summed E-state index contributed by atoms with van der Waals surface area (Å²) in [5.74, 6) is 0. The second-order valence-electron chi connectivity index (χ2n) is 4.91. The van der Waals surface area contributed by atoms with Gasteiger partial charge in [-0.1, -0.05) is 12.1 Å². The average molecular weight is 243 g/mol. The lowest BCUT2D eigenvalue weighted by Gasteiger charge is -2.24. The summed E-state index contributed by atoms with van der Waals surface area (Å²) in [6.45, 7) is 3.94. The van der Waals surface area contributed by atoms with E-state index in [4.69, 9.17) is 0 Å². The predicted molar refractivity (Wildman–Crippen MR) is 71.9 cm³/mol. The molecular formula is C14H17N3O. The summed E-state index contributed by atoms with van der Waals surface area (Å²) >= 11 is 0. The van der Waals surface area contributed by atoms with Crippen molar-refractivity contribution < 1.29 is 0 Å². The van der Waals surface area contributed by atoms with E-state index in [9.17, 15) is 4.79 Å². The van der Waals surface area contributed by atoms with E-state index in [-0.39, 0.29) is 11.6 Å². The van der Waals surface area contributed by atoms with Crippen LogP contribution in [0.3, 0.4) is 0 Å². The Morgan fingerprint density at radius 2 is 2.11 bits per heavy atom. The zero-order valence-corrected chi connectivity index (χ0v) is 10.5. The fraction of sp³-hybridized carbons (Fsp3) is 0.429. The van der Waals surface area contributed by atoms with Gasteiger partial charge in [0.15, 0.2) is 0 Å². The molecule has 1 fully saturated rings. The number of nitrogens with one attached hydrogen (secondary N) is 1. The van der Waals surface area contributed by atoms with E-state index >= 15 is 0 Å². The van der Waals surface area contributed by atoms with Crippen molar-refractivity contribution in [3.8, 4) is 0 Å². The van der Waals surface area contributed by atoms with Crippen LogP contribution in [0, 0.1) is 6.92 Å². The number of piperidine rings is 1. The van der Waals surface area contributed by atoms with E-state index in [1.165, 1.54) is 0 Å². The minimum atomic E-state index is 0.0931. The topological polar surface area (TPSA) is 46.9 Å². The molecule has 3 rings (SSSR count). The number of para-hydroxylation sites is 1. The van der Waals surface area contributed by atoms with E-state index in [0.717, 1.165) is 42.4 Å². The van der Waals surface area contributed by atoms with Crippen molar-refractivity contribution in [2.45, 2.75) is 25.8 Å². The van der Waals surface area contributed by atoms with Crippen LogP contribution in [0.15, 0.2) is 29.3 Å². The molecule has 94 valence electrons. The number of nitrogens with zero attached hydrogens (tertiary/aromatic N) is 2. The molecule has 4 heteroatoms. The Bertz CT molecular complexity index is 626. The van der Waals surface area contributed by atoms with Crippen LogP contribution >= 0.6 is 0 Å². The van der Waals surface area contributed by atoms with Crippen LogP contribution in [0.2, 0.25) is 0 Å². The van der Waals surface area contributed by atoms with E-state index in [1.54, 1.807) is 6.33 Å². The molecule has 0 atom stereocenters. The molecule has 0 radical (unpaired) electrons. The highest BCUT2D eigenvalue weighted by molar-refractivity contribution is 5.80. The minimum absolute atomic E-state index is 0.0931. The first-order chi connectivity index (χ1) is 8.77. The summed E-state index contributed by atoms with van der Waals surface area (Å²) in [7, 11) is 0. The average Bonchev–Trinajstić information content (AvgIpc) is 2.41. The lowest BCUT2D eigenvalue weighted by Crippen LogP contribution is -2.34. The molecule has 0 bridgehead atoms. The van der Waals surface area contributed by atoms with Crippen LogP contribution in [0.25, 0.3) is 10.9 Å².